The molecule has 10 heteroatoms. The highest BCUT2D eigenvalue weighted by Crippen LogP contribution is 2.46. The summed E-state index contributed by atoms with van der Waals surface area (Å²) in [6.07, 6.45) is 7.01. The van der Waals surface area contributed by atoms with E-state index in [0.29, 0.717) is 23.1 Å². The number of anilines is 1. The van der Waals surface area contributed by atoms with Crippen molar-refractivity contribution in [2.75, 3.05) is 65.8 Å². The number of halogens is 1. The predicted molar refractivity (Wildman–Crippen MR) is 154 cm³/mol. The second-order valence-corrected chi connectivity index (χ2v) is 11.6. The molecule has 2 bridgehead atoms. The van der Waals surface area contributed by atoms with Gasteiger partial charge in [0.1, 0.15) is 23.7 Å². The normalized spacial score (nSPS) is 24.9. The Labute approximate surface area is 234 Å². The van der Waals surface area contributed by atoms with Crippen LogP contribution in [0.4, 0.5) is 5.69 Å². The van der Waals surface area contributed by atoms with Crippen molar-refractivity contribution in [3.8, 4) is 17.1 Å². The zero-order valence-electron chi connectivity index (χ0n) is 22.7. The first kappa shape index (κ1) is 26.1. The maximum atomic E-state index is 13.0. The molecule has 1 saturated heterocycles. The molecule has 4 atom stereocenters. The molecule has 3 aromatic rings. The quantitative estimate of drug-likeness (QED) is 0.415. The van der Waals surface area contributed by atoms with Crippen molar-refractivity contribution >= 4 is 34.4 Å². The van der Waals surface area contributed by atoms with E-state index in [4.69, 9.17) is 21.3 Å². The second-order valence-electron chi connectivity index (χ2n) is 11.2. The van der Waals surface area contributed by atoms with Crippen LogP contribution in [0.3, 0.4) is 0 Å². The smallest absolute Gasteiger partial charge is 0.227 e. The molecule has 0 radical (unpaired) electrons. The van der Waals surface area contributed by atoms with Crippen molar-refractivity contribution in [2.45, 2.75) is 12.5 Å². The van der Waals surface area contributed by atoms with Crippen molar-refractivity contribution in [2.24, 2.45) is 17.8 Å². The minimum atomic E-state index is -0.125. The lowest BCUT2D eigenvalue weighted by Crippen LogP contribution is -2.45. The van der Waals surface area contributed by atoms with Crippen molar-refractivity contribution in [3.63, 3.8) is 0 Å². The number of benzene rings is 1. The third-order valence-corrected chi connectivity index (χ3v) is 8.66. The number of nitrogens with zero attached hydrogens (tertiary/aromatic N) is 5. The third-order valence-electron chi connectivity index (χ3n) is 8.37. The average Bonchev–Trinajstić information content (AvgIpc) is 3.66. The summed E-state index contributed by atoms with van der Waals surface area (Å²) in [5.74, 6) is 2.10. The highest BCUT2D eigenvalue weighted by Gasteiger charge is 2.49. The molecule has 39 heavy (non-hydrogen) atoms. The number of imidazole rings is 1. The molecule has 3 heterocycles. The summed E-state index contributed by atoms with van der Waals surface area (Å²) in [5, 5.41) is 4.13. The molecule has 1 aromatic carbocycles. The molecule has 0 unspecified atom stereocenters. The number of hydrogen-bond donors (Lipinski definition) is 2. The fraction of sp³-hybridized carbons (Fsp3) is 0.483. The Hall–Kier alpha value is -3.14. The van der Waals surface area contributed by atoms with Crippen LogP contribution < -0.4 is 10.1 Å². The van der Waals surface area contributed by atoms with Crippen molar-refractivity contribution in [1.82, 2.24) is 29.7 Å². The summed E-state index contributed by atoms with van der Waals surface area (Å²) in [6, 6.07) is 7.93. The highest BCUT2D eigenvalue weighted by molar-refractivity contribution is 6.34. The Morgan fingerprint density at radius 3 is 2.64 bits per heavy atom. The van der Waals surface area contributed by atoms with Gasteiger partial charge in [0.05, 0.1) is 22.8 Å². The minimum Gasteiger partial charge on any atom is -0.492 e. The summed E-state index contributed by atoms with van der Waals surface area (Å²) in [6.45, 7) is 5.99. The van der Waals surface area contributed by atoms with Gasteiger partial charge in [-0.25, -0.2) is 9.97 Å². The molecular weight excluding hydrogens is 514 g/mol. The van der Waals surface area contributed by atoms with Crippen LogP contribution in [0.25, 0.3) is 22.6 Å². The Morgan fingerprint density at radius 1 is 1.15 bits per heavy atom. The molecule has 206 valence electrons. The maximum absolute atomic E-state index is 13.0. The van der Waals surface area contributed by atoms with Crippen LogP contribution in [0.1, 0.15) is 6.42 Å². The van der Waals surface area contributed by atoms with Gasteiger partial charge in [-0.05, 0) is 49.6 Å². The van der Waals surface area contributed by atoms with E-state index in [0.717, 1.165) is 61.7 Å². The Kier molecular flexibility index (Phi) is 7.22. The van der Waals surface area contributed by atoms with Gasteiger partial charge in [-0.2, -0.15) is 0 Å². The summed E-state index contributed by atoms with van der Waals surface area (Å²) >= 11 is 6.65. The Morgan fingerprint density at radius 2 is 1.90 bits per heavy atom. The van der Waals surface area contributed by atoms with E-state index in [1.54, 1.807) is 11.1 Å². The van der Waals surface area contributed by atoms with Gasteiger partial charge in [0.15, 0.2) is 5.65 Å². The molecule has 1 saturated carbocycles. The number of hydrogen-bond acceptors (Lipinski definition) is 7. The van der Waals surface area contributed by atoms with Gasteiger partial charge in [0, 0.05) is 58.4 Å². The van der Waals surface area contributed by atoms with Crippen LogP contribution in [0.5, 0.6) is 5.75 Å². The predicted octanol–water partition coefficient (Wildman–Crippen LogP) is 3.60. The third kappa shape index (κ3) is 5.23. The number of piperazine rings is 1. The number of pyridine rings is 1. The number of carbonyl (C=O) groups is 1. The number of likely N-dealkylation sites (N-methyl/N-ethyl adjacent to an activating group) is 1. The summed E-state index contributed by atoms with van der Waals surface area (Å²) in [5.41, 5.74) is 3.00. The van der Waals surface area contributed by atoms with Gasteiger partial charge in [-0.1, -0.05) is 23.8 Å². The largest absolute Gasteiger partial charge is 0.492 e. The van der Waals surface area contributed by atoms with Crippen LogP contribution in [-0.2, 0) is 4.79 Å². The number of nitrogens with one attached hydrogen (secondary N) is 2. The van der Waals surface area contributed by atoms with Gasteiger partial charge in [0.25, 0.3) is 0 Å². The number of H-pyrrole nitrogens is 1. The molecule has 0 spiro atoms. The summed E-state index contributed by atoms with van der Waals surface area (Å²) in [7, 11) is 5.80. The summed E-state index contributed by atoms with van der Waals surface area (Å²) in [4.78, 5) is 32.2. The SMILES string of the molecule is CN1CCN(CCOc2ccc(-c3nc4ncc(Cl)c(N[C@H]5[C@@H](C(=O)N(C)C)[C@@H]6C=C[C@H]5C6)c4[nH]3)cc2)CC1. The minimum absolute atomic E-state index is 0.0352. The lowest BCUT2D eigenvalue weighted by atomic mass is 9.87. The van der Waals surface area contributed by atoms with Crippen LogP contribution in [-0.4, -0.2) is 102 Å². The lowest BCUT2D eigenvalue weighted by molar-refractivity contribution is -0.133. The molecule has 2 fully saturated rings. The van der Waals surface area contributed by atoms with Crippen LogP contribution in [0.15, 0.2) is 42.6 Å². The standard InChI is InChI=1S/C29H36ClN7O2/c1-35(2)29(38)23-19-4-5-20(16-19)24(23)32-25-22(30)17-31-28-26(25)33-27(34-28)18-6-8-21(9-7-18)39-15-14-37-12-10-36(3)11-13-37/h4-9,17,19-20,23-24H,10-16H2,1-3H3,(H2,31,32,33,34)/t19-,20+,23+,24-/m1/s1. The first-order valence-electron chi connectivity index (χ1n) is 13.7. The molecule has 6 rings (SSSR count). The highest BCUT2D eigenvalue weighted by atomic mass is 35.5. The second kappa shape index (κ2) is 10.8. The number of fused-ring (bicyclic) bond motifs is 3. The number of aromatic nitrogens is 3. The number of allylic oxidation sites excluding steroid dienone is 1. The fourth-order valence-electron chi connectivity index (χ4n) is 6.10. The van der Waals surface area contributed by atoms with E-state index in [2.05, 4.69) is 44.3 Å². The van der Waals surface area contributed by atoms with E-state index in [1.165, 1.54) is 0 Å². The first-order valence-corrected chi connectivity index (χ1v) is 14.1. The number of rotatable bonds is 8. The molecular formula is C29H36ClN7O2. The number of ether oxygens (including phenoxy) is 1. The molecule has 2 N–H and O–H groups in total. The molecule has 1 amide bonds. The molecule has 2 aliphatic carbocycles. The van der Waals surface area contributed by atoms with Crippen LogP contribution in [0, 0.1) is 17.8 Å². The topological polar surface area (TPSA) is 89.6 Å². The summed E-state index contributed by atoms with van der Waals surface area (Å²) < 4.78 is 6.00. The van der Waals surface area contributed by atoms with Gasteiger partial charge < -0.3 is 24.8 Å². The number of aromatic amines is 1. The molecule has 3 aliphatic rings. The van der Waals surface area contributed by atoms with Crippen molar-refractivity contribution < 1.29 is 9.53 Å². The molecule has 1 aliphatic heterocycles. The monoisotopic (exact) mass is 549 g/mol. The van der Waals surface area contributed by atoms with E-state index in [-0.39, 0.29) is 29.7 Å². The molecule has 2 aromatic heterocycles. The number of carbonyl (C=O) groups excluding carboxylic acids is 1. The van der Waals surface area contributed by atoms with Gasteiger partial charge in [0.2, 0.25) is 5.91 Å². The molecule has 9 nitrogen and oxygen atoms in total. The van der Waals surface area contributed by atoms with E-state index >= 15 is 0 Å². The van der Waals surface area contributed by atoms with Gasteiger partial charge in [-0.15, -0.1) is 0 Å². The zero-order valence-corrected chi connectivity index (χ0v) is 23.5. The van der Waals surface area contributed by atoms with E-state index in [9.17, 15) is 4.79 Å². The Balaban J connectivity index is 1.17. The zero-order chi connectivity index (χ0) is 27.1. The average molecular weight is 550 g/mol. The van der Waals surface area contributed by atoms with Gasteiger partial charge in [-0.3, -0.25) is 9.69 Å². The van der Waals surface area contributed by atoms with Crippen LogP contribution >= 0.6 is 11.6 Å². The van der Waals surface area contributed by atoms with Crippen molar-refractivity contribution in [1.29, 1.82) is 0 Å². The Bertz CT molecular complexity index is 1360. The number of amides is 1. The first-order chi connectivity index (χ1) is 18.9. The maximum Gasteiger partial charge on any atom is 0.227 e. The lowest BCUT2D eigenvalue weighted by Gasteiger charge is -2.32. The fourth-order valence-corrected chi connectivity index (χ4v) is 6.30. The van der Waals surface area contributed by atoms with E-state index < -0.39 is 0 Å². The van der Waals surface area contributed by atoms with Crippen LogP contribution in [0.2, 0.25) is 5.02 Å². The van der Waals surface area contributed by atoms with E-state index in [1.807, 2.05) is 38.4 Å². The van der Waals surface area contributed by atoms with Gasteiger partial charge >= 0.3 is 0 Å². The van der Waals surface area contributed by atoms with Crippen molar-refractivity contribution in [3.05, 3.63) is 47.6 Å².